The molecule has 3 rings (SSSR count). The minimum Gasteiger partial charge on any atom is -0.493 e. The summed E-state index contributed by atoms with van der Waals surface area (Å²) in [5.41, 5.74) is 7.63. The maximum Gasteiger partial charge on any atom is 0.182 e. The first-order valence-electron chi connectivity index (χ1n) is 6.48. The zero-order chi connectivity index (χ0) is 15.0. The summed E-state index contributed by atoms with van der Waals surface area (Å²) in [6, 6.07) is 9.74. The number of hydrogen-bond acceptors (Lipinski definition) is 4. The van der Waals surface area contributed by atoms with Crippen LogP contribution in [0.2, 0.25) is 5.02 Å². The van der Waals surface area contributed by atoms with E-state index in [1.54, 1.807) is 18.2 Å². The van der Waals surface area contributed by atoms with E-state index in [9.17, 15) is 8.42 Å². The highest BCUT2D eigenvalue weighted by Crippen LogP contribution is 2.34. The van der Waals surface area contributed by atoms with Crippen molar-refractivity contribution in [3.05, 3.63) is 52.5 Å². The van der Waals surface area contributed by atoms with Crippen molar-refractivity contribution < 1.29 is 13.2 Å². The van der Waals surface area contributed by atoms with Crippen LogP contribution in [0.3, 0.4) is 0 Å². The number of rotatable bonds is 3. The van der Waals surface area contributed by atoms with E-state index >= 15 is 0 Å². The maximum absolute atomic E-state index is 12.5. The fourth-order valence-electron chi connectivity index (χ4n) is 2.45. The number of benzene rings is 2. The Morgan fingerprint density at radius 2 is 2.05 bits per heavy atom. The van der Waals surface area contributed by atoms with Crippen LogP contribution >= 0.6 is 11.6 Å². The summed E-state index contributed by atoms with van der Waals surface area (Å²) in [5, 5.41) is 0.525. The normalized spacial score (nSPS) is 13.8. The average Bonchev–Trinajstić information content (AvgIpc) is 2.86. The van der Waals surface area contributed by atoms with Crippen molar-refractivity contribution in [2.45, 2.75) is 17.1 Å². The number of halogens is 1. The second kappa shape index (κ2) is 5.24. The van der Waals surface area contributed by atoms with Gasteiger partial charge in [-0.15, -0.1) is 0 Å². The Morgan fingerprint density at radius 3 is 2.81 bits per heavy atom. The van der Waals surface area contributed by atoms with Crippen molar-refractivity contribution in [1.82, 2.24) is 0 Å². The number of nitrogen functional groups attached to an aromatic ring is 1. The molecule has 0 spiro atoms. The summed E-state index contributed by atoms with van der Waals surface area (Å²) in [7, 11) is -3.49. The molecule has 0 bridgehead atoms. The number of fused-ring (bicyclic) bond motifs is 1. The minimum atomic E-state index is -3.49. The molecule has 6 heteroatoms. The van der Waals surface area contributed by atoms with Gasteiger partial charge in [-0.1, -0.05) is 17.7 Å². The van der Waals surface area contributed by atoms with Gasteiger partial charge in [0.2, 0.25) is 0 Å². The van der Waals surface area contributed by atoms with E-state index in [1.807, 2.05) is 6.07 Å². The Hall–Kier alpha value is -1.72. The third-order valence-corrected chi connectivity index (χ3v) is 5.27. The van der Waals surface area contributed by atoms with Crippen molar-refractivity contribution in [3.63, 3.8) is 0 Å². The van der Waals surface area contributed by atoms with Crippen LogP contribution in [-0.4, -0.2) is 15.0 Å². The van der Waals surface area contributed by atoms with Crippen LogP contribution in [-0.2, 0) is 22.0 Å². The second-order valence-corrected chi connectivity index (χ2v) is 7.41. The minimum absolute atomic E-state index is 0.153. The zero-order valence-electron chi connectivity index (χ0n) is 11.2. The first-order valence-corrected chi connectivity index (χ1v) is 8.51. The third-order valence-electron chi connectivity index (χ3n) is 3.39. The maximum atomic E-state index is 12.5. The molecule has 0 saturated carbocycles. The molecule has 21 heavy (non-hydrogen) atoms. The highest BCUT2D eigenvalue weighted by atomic mass is 35.5. The highest BCUT2D eigenvalue weighted by molar-refractivity contribution is 7.90. The topological polar surface area (TPSA) is 69.4 Å². The molecule has 0 unspecified atom stereocenters. The lowest BCUT2D eigenvalue weighted by Gasteiger charge is -2.10. The average molecular weight is 324 g/mol. The van der Waals surface area contributed by atoms with Gasteiger partial charge < -0.3 is 10.5 Å². The summed E-state index contributed by atoms with van der Waals surface area (Å²) in [6.07, 6.45) is 0.751. The number of sulfone groups is 1. The quantitative estimate of drug-likeness (QED) is 0.882. The lowest BCUT2D eigenvalue weighted by molar-refractivity contribution is 0.354. The lowest BCUT2D eigenvalue weighted by Crippen LogP contribution is -2.06. The molecule has 2 aromatic rings. The summed E-state index contributed by atoms with van der Waals surface area (Å²) in [6.45, 7) is 0.557. The molecule has 0 aliphatic carbocycles. The Morgan fingerprint density at radius 1 is 1.24 bits per heavy atom. The van der Waals surface area contributed by atoms with Crippen molar-refractivity contribution >= 4 is 27.1 Å². The van der Waals surface area contributed by atoms with E-state index < -0.39 is 9.84 Å². The molecule has 0 amide bonds. The Bertz CT molecular complexity index is 803. The van der Waals surface area contributed by atoms with Crippen LogP contribution in [0.5, 0.6) is 5.75 Å². The summed E-state index contributed by atoms with van der Waals surface area (Å²) in [4.78, 5) is 0.203. The van der Waals surface area contributed by atoms with Gasteiger partial charge >= 0.3 is 0 Å². The SMILES string of the molecule is Nc1cccc(S(=O)(=O)Cc2cc(Cl)cc3c2OCC3)c1. The second-order valence-electron chi connectivity index (χ2n) is 4.98. The number of anilines is 1. The van der Waals surface area contributed by atoms with Crippen LogP contribution < -0.4 is 10.5 Å². The van der Waals surface area contributed by atoms with E-state index in [1.165, 1.54) is 12.1 Å². The van der Waals surface area contributed by atoms with Gasteiger partial charge in [0, 0.05) is 22.7 Å². The molecule has 4 nitrogen and oxygen atoms in total. The Kier molecular flexibility index (Phi) is 3.55. The monoisotopic (exact) mass is 323 g/mol. The molecular formula is C15H14ClNO3S. The predicted molar refractivity (Wildman–Crippen MR) is 82.4 cm³/mol. The van der Waals surface area contributed by atoms with Crippen LogP contribution in [0.4, 0.5) is 5.69 Å². The van der Waals surface area contributed by atoms with Crippen molar-refractivity contribution in [2.75, 3.05) is 12.3 Å². The molecule has 1 heterocycles. The molecule has 0 saturated heterocycles. The van der Waals surface area contributed by atoms with Gasteiger partial charge in [-0.05, 0) is 35.9 Å². The smallest absolute Gasteiger partial charge is 0.182 e. The van der Waals surface area contributed by atoms with E-state index in [0.717, 1.165) is 12.0 Å². The Balaban J connectivity index is 2.01. The molecule has 0 atom stereocenters. The van der Waals surface area contributed by atoms with Crippen LogP contribution in [0.1, 0.15) is 11.1 Å². The largest absolute Gasteiger partial charge is 0.493 e. The van der Waals surface area contributed by atoms with Gasteiger partial charge in [-0.3, -0.25) is 0 Å². The molecule has 1 aliphatic rings. The van der Waals surface area contributed by atoms with Gasteiger partial charge in [-0.2, -0.15) is 0 Å². The molecule has 110 valence electrons. The predicted octanol–water partition coefficient (Wildman–Crippen LogP) is 2.83. The summed E-state index contributed by atoms with van der Waals surface area (Å²) < 4.78 is 30.6. The van der Waals surface area contributed by atoms with E-state index in [0.29, 0.717) is 28.6 Å². The van der Waals surface area contributed by atoms with Gasteiger partial charge in [0.25, 0.3) is 0 Å². The summed E-state index contributed by atoms with van der Waals surface area (Å²) in [5.74, 6) is 0.492. The standard InChI is InChI=1S/C15H14ClNO3S/c16-12-6-10-4-5-20-15(10)11(7-12)9-21(18,19)14-3-1-2-13(17)8-14/h1-3,6-8H,4-5,9,17H2. The van der Waals surface area contributed by atoms with E-state index in [2.05, 4.69) is 0 Å². The fourth-order valence-corrected chi connectivity index (χ4v) is 4.10. The number of nitrogens with two attached hydrogens (primary N) is 1. The van der Waals surface area contributed by atoms with Gasteiger partial charge in [0.15, 0.2) is 9.84 Å². The van der Waals surface area contributed by atoms with Crippen LogP contribution in [0.15, 0.2) is 41.3 Å². The third kappa shape index (κ3) is 2.84. The molecule has 0 aromatic heterocycles. The Labute approximate surface area is 128 Å². The van der Waals surface area contributed by atoms with Crippen molar-refractivity contribution in [3.8, 4) is 5.75 Å². The molecule has 1 aliphatic heterocycles. The molecule has 2 N–H and O–H groups in total. The molecule has 0 radical (unpaired) electrons. The highest BCUT2D eigenvalue weighted by Gasteiger charge is 2.23. The molecule has 0 fully saturated rings. The van der Waals surface area contributed by atoms with Crippen molar-refractivity contribution in [1.29, 1.82) is 0 Å². The fraction of sp³-hybridized carbons (Fsp3) is 0.200. The number of ether oxygens (including phenoxy) is 1. The lowest BCUT2D eigenvalue weighted by atomic mass is 10.1. The van der Waals surface area contributed by atoms with Gasteiger partial charge in [-0.25, -0.2) is 8.42 Å². The van der Waals surface area contributed by atoms with Gasteiger partial charge in [0.1, 0.15) is 5.75 Å². The first kappa shape index (κ1) is 14.2. The van der Waals surface area contributed by atoms with Crippen LogP contribution in [0.25, 0.3) is 0 Å². The van der Waals surface area contributed by atoms with Gasteiger partial charge in [0.05, 0.1) is 17.3 Å². The van der Waals surface area contributed by atoms with Crippen LogP contribution in [0, 0.1) is 0 Å². The van der Waals surface area contributed by atoms with E-state index in [4.69, 9.17) is 22.1 Å². The first-order chi connectivity index (χ1) is 9.95. The van der Waals surface area contributed by atoms with E-state index in [-0.39, 0.29) is 10.6 Å². The molecule has 2 aromatic carbocycles. The summed E-state index contributed by atoms with van der Waals surface area (Å²) >= 11 is 6.06. The van der Waals surface area contributed by atoms with Crippen molar-refractivity contribution in [2.24, 2.45) is 0 Å². The molecular weight excluding hydrogens is 310 g/mol. The number of hydrogen-bond donors (Lipinski definition) is 1. The zero-order valence-corrected chi connectivity index (χ0v) is 12.7.